The van der Waals surface area contributed by atoms with Gasteiger partial charge in [-0.15, -0.1) is 0 Å². The number of rotatable bonds is 7. The molecular weight excluding hydrogens is 410 g/mol. The number of hydrogen-bond acceptors (Lipinski definition) is 7. The van der Waals surface area contributed by atoms with Crippen molar-refractivity contribution in [2.75, 3.05) is 18.5 Å². The van der Waals surface area contributed by atoms with Gasteiger partial charge in [0.15, 0.2) is 11.3 Å². The topological polar surface area (TPSA) is 122 Å². The molecule has 4 rings (SSSR count). The normalized spacial score (nSPS) is 12.0. The van der Waals surface area contributed by atoms with Crippen LogP contribution in [0.2, 0.25) is 0 Å². The molecule has 1 atom stereocenters. The van der Waals surface area contributed by atoms with Crippen molar-refractivity contribution in [2.24, 2.45) is 0 Å². The van der Waals surface area contributed by atoms with Gasteiger partial charge in [0.1, 0.15) is 24.3 Å². The van der Waals surface area contributed by atoms with E-state index in [2.05, 4.69) is 20.4 Å². The van der Waals surface area contributed by atoms with Crippen LogP contribution in [0.4, 0.5) is 5.82 Å². The number of amides is 1. The molecule has 32 heavy (non-hydrogen) atoms. The number of ether oxygens (including phenoxy) is 1. The monoisotopic (exact) mass is 433 g/mol. The number of anilines is 1. The van der Waals surface area contributed by atoms with E-state index >= 15 is 0 Å². The van der Waals surface area contributed by atoms with Crippen LogP contribution < -0.4 is 10.1 Å². The minimum absolute atomic E-state index is 0.0584. The quantitative estimate of drug-likeness (QED) is 0.409. The molecule has 0 bridgehead atoms. The van der Waals surface area contributed by atoms with Crippen molar-refractivity contribution in [1.29, 1.82) is 0 Å². The molecule has 0 saturated heterocycles. The third-order valence-electron chi connectivity index (χ3n) is 4.80. The number of para-hydroxylation sites is 1. The molecule has 0 aliphatic carbocycles. The molecule has 0 saturated carbocycles. The number of benzene rings is 1. The van der Waals surface area contributed by atoms with Crippen molar-refractivity contribution in [1.82, 2.24) is 19.6 Å². The molecule has 3 heterocycles. The summed E-state index contributed by atoms with van der Waals surface area (Å²) in [5.74, 6) is 0.577. The highest BCUT2D eigenvalue weighted by atomic mass is 16.5. The minimum Gasteiger partial charge on any atom is -0.490 e. The summed E-state index contributed by atoms with van der Waals surface area (Å²) in [6.07, 6.45) is -0.986. The molecule has 1 aromatic carbocycles. The molecule has 1 unspecified atom stereocenters. The first-order valence-electron chi connectivity index (χ1n) is 10.1. The molecule has 1 amide bonds. The maximum Gasteiger partial charge on any atom is 0.277 e. The first-order valence-corrected chi connectivity index (χ1v) is 10.1. The molecular formula is C23H23N5O4. The molecule has 4 aromatic rings. The van der Waals surface area contributed by atoms with E-state index in [-0.39, 0.29) is 12.5 Å². The molecule has 3 aromatic heterocycles. The van der Waals surface area contributed by atoms with Crippen molar-refractivity contribution in [3.05, 3.63) is 71.7 Å². The Kier molecular flexibility index (Phi) is 6.11. The SMILES string of the molecule is Cc1cccc(NC(=O)c2c(C)nc3ccc(-c4ccccc4OCC(O)CO)nn23)n1. The molecule has 0 aliphatic heterocycles. The van der Waals surface area contributed by atoms with E-state index in [0.717, 1.165) is 5.69 Å². The smallest absolute Gasteiger partial charge is 0.277 e. The number of nitrogens with zero attached hydrogens (tertiary/aromatic N) is 4. The fourth-order valence-corrected chi connectivity index (χ4v) is 3.28. The second-order valence-electron chi connectivity index (χ2n) is 7.30. The summed E-state index contributed by atoms with van der Waals surface area (Å²) in [4.78, 5) is 21.8. The largest absolute Gasteiger partial charge is 0.490 e. The van der Waals surface area contributed by atoms with Gasteiger partial charge in [-0.2, -0.15) is 5.10 Å². The standard InChI is InChI=1S/C23H23N5O4/c1-14-6-5-9-20(24-14)26-23(31)22-15(2)25-21-11-10-18(27-28(21)22)17-7-3-4-8-19(17)32-13-16(30)12-29/h3-11,16,29-30H,12-13H2,1-2H3,(H,24,26,31). The van der Waals surface area contributed by atoms with Crippen LogP contribution in [-0.4, -0.2) is 55.0 Å². The third-order valence-corrected chi connectivity index (χ3v) is 4.80. The lowest BCUT2D eigenvalue weighted by molar-refractivity contribution is 0.0538. The molecule has 0 radical (unpaired) electrons. The molecule has 0 fully saturated rings. The number of fused-ring (bicyclic) bond motifs is 1. The lowest BCUT2D eigenvalue weighted by Gasteiger charge is -2.13. The molecule has 9 heteroatoms. The number of imidazole rings is 1. The van der Waals surface area contributed by atoms with Crippen molar-refractivity contribution < 1.29 is 19.7 Å². The van der Waals surface area contributed by atoms with Crippen LogP contribution in [0.15, 0.2) is 54.6 Å². The van der Waals surface area contributed by atoms with Crippen molar-refractivity contribution in [3.63, 3.8) is 0 Å². The maximum absolute atomic E-state index is 13.0. The second-order valence-corrected chi connectivity index (χ2v) is 7.30. The minimum atomic E-state index is -0.986. The van der Waals surface area contributed by atoms with Gasteiger partial charge in [-0.25, -0.2) is 14.5 Å². The fraction of sp³-hybridized carbons (Fsp3) is 0.217. The second kappa shape index (κ2) is 9.13. The lowest BCUT2D eigenvalue weighted by atomic mass is 10.1. The average Bonchev–Trinajstić information content (AvgIpc) is 3.12. The van der Waals surface area contributed by atoms with Crippen LogP contribution in [0, 0.1) is 13.8 Å². The summed E-state index contributed by atoms with van der Waals surface area (Å²) >= 11 is 0. The molecule has 9 nitrogen and oxygen atoms in total. The van der Waals surface area contributed by atoms with E-state index in [9.17, 15) is 9.90 Å². The maximum atomic E-state index is 13.0. The molecule has 0 spiro atoms. The van der Waals surface area contributed by atoms with E-state index in [1.807, 2.05) is 31.2 Å². The Bertz CT molecular complexity index is 1270. The van der Waals surface area contributed by atoms with Crippen molar-refractivity contribution in [2.45, 2.75) is 20.0 Å². The Labute approximate surface area is 184 Å². The van der Waals surface area contributed by atoms with Crippen molar-refractivity contribution >= 4 is 17.4 Å². The number of hydrogen-bond donors (Lipinski definition) is 3. The Hall–Kier alpha value is -3.82. The lowest BCUT2D eigenvalue weighted by Crippen LogP contribution is -2.21. The number of nitrogens with one attached hydrogen (secondary N) is 1. The van der Waals surface area contributed by atoms with Gasteiger partial charge in [-0.1, -0.05) is 18.2 Å². The van der Waals surface area contributed by atoms with E-state index in [4.69, 9.17) is 9.84 Å². The fourth-order valence-electron chi connectivity index (χ4n) is 3.28. The predicted octanol–water partition coefficient (Wildman–Crippen LogP) is 2.39. The van der Waals surface area contributed by atoms with Gasteiger partial charge < -0.3 is 20.3 Å². The van der Waals surface area contributed by atoms with Gasteiger partial charge in [0, 0.05) is 11.3 Å². The van der Waals surface area contributed by atoms with Gasteiger partial charge in [0.2, 0.25) is 0 Å². The number of aliphatic hydroxyl groups is 2. The predicted molar refractivity (Wildman–Crippen MR) is 119 cm³/mol. The Morgan fingerprint density at radius 3 is 2.69 bits per heavy atom. The van der Waals surface area contributed by atoms with Crippen LogP contribution in [-0.2, 0) is 0 Å². The number of aryl methyl sites for hydroxylation is 2. The Balaban J connectivity index is 1.70. The number of pyridine rings is 1. The van der Waals surface area contributed by atoms with E-state index in [1.165, 1.54) is 4.52 Å². The van der Waals surface area contributed by atoms with E-state index in [1.54, 1.807) is 37.3 Å². The summed E-state index contributed by atoms with van der Waals surface area (Å²) in [7, 11) is 0. The highest BCUT2D eigenvalue weighted by molar-refractivity contribution is 6.03. The first kappa shape index (κ1) is 21.4. The van der Waals surface area contributed by atoms with Crippen LogP contribution >= 0.6 is 0 Å². The third kappa shape index (κ3) is 4.43. The average molecular weight is 433 g/mol. The zero-order valence-electron chi connectivity index (χ0n) is 17.7. The summed E-state index contributed by atoms with van der Waals surface area (Å²) < 4.78 is 7.16. The van der Waals surface area contributed by atoms with Crippen LogP contribution in [0.25, 0.3) is 16.9 Å². The van der Waals surface area contributed by atoms with E-state index < -0.39 is 12.7 Å². The number of aliphatic hydroxyl groups excluding tert-OH is 2. The van der Waals surface area contributed by atoms with Gasteiger partial charge >= 0.3 is 0 Å². The zero-order valence-corrected chi connectivity index (χ0v) is 17.7. The summed E-state index contributed by atoms with van der Waals surface area (Å²) in [5.41, 5.74) is 3.41. The van der Waals surface area contributed by atoms with Crippen LogP contribution in [0.1, 0.15) is 21.9 Å². The number of aromatic nitrogens is 4. The van der Waals surface area contributed by atoms with Gasteiger partial charge in [0.25, 0.3) is 5.91 Å². The highest BCUT2D eigenvalue weighted by Gasteiger charge is 2.20. The molecule has 0 aliphatic rings. The number of carbonyl (C=O) groups excluding carboxylic acids is 1. The Morgan fingerprint density at radius 2 is 1.91 bits per heavy atom. The Morgan fingerprint density at radius 1 is 1.09 bits per heavy atom. The van der Waals surface area contributed by atoms with Crippen LogP contribution in [0.3, 0.4) is 0 Å². The van der Waals surface area contributed by atoms with Crippen molar-refractivity contribution in [3.8, 4) is 17.0 Å². The van der Waals surface area contributed by atoms with Gasteiger partial charge in [-0.05, 0) is 50.2 Å². The summed E-state index contributed by atoms with van der Waals surface area (Å²) in [6, 6.07) is 16.2. The molecule has 3 N–H and O–H groups in total. The molecule has 164 valence electrons. The highest BCUT2D eigenvalue weighted by Crippen LogP contribution is 2.29. The number of carbonyl (C=O) groups is 1. The summed E-state index contributed by atoms with van der Waals surface area (Å²) in [6.45, 7) is 3.15. The van der Waals surface area contributed by atoms with E-state index in [0.29, 0.717) is 39.9 Å². The van der Waals surface area contributed by atoms with Gasteiger partial charge in [0.05, 0.1) is 18.0 Å². The van der Waals surface area contributed by atoms with Crippen LogP contribution in [0.5, 0.6) is 5.75 Å². The van der Waals surface area contributed by atoms with Gasteiger partial charge in [-0.3, -0.25) is 4.79 Å². The zero-order chi connectivity index (χ0) is 22.7. The summed E-state index contributed by atoms with van der Waals surface area (Å²) in [5, 5.41) is 26.1. The first-order chi connectivity index (χ1) is 15.5.